The Labute approximate surface area is 161 Å². The van der Waals surface area contributed by atoms with Gasteiger partial charge >= 0.3 is 0 Å². The van der Waals surface area contributed by atoms with Gasteiger partial charge in [-0.25, -0.2) is 0 Å². The number of hydrogen-bond donors (Lipinski definition) is 1. The molecule has 27 heavy (non-hydrogen) atoms. The van der Waals surface area contributed by atoms with Crippen molar-refractivity contribution in [3.8, 4) is 5.75 Å². The van der Waals surface area contributed by atoms with Gasteiger partial charge in [0.25, 0.3) is 5.69 Å². The number of nitrogens with zero attached hydrogens (tertiary/aromatic N) is 2. The first-order valence-electron chi connectivity index (χ1n) is 8.11. The molecule has 0 saturated heterocycles. The van der Waals surface area contributed by atoms with E-state index < -0.39 is 4.92 Å². The molecule has 0 aliphatic heterocycles. The van der Waals surface area contributed by atoms with Crippen molar-refractivity contribution in [1.82, 2.24) is 0 Å². The molecule has 0 amide bonds. The summed E-state index contributed by atoms with van der Waals surface area (Å²) in [5.74, 6) is 0.703. The summed E-state index contributed by atoms with van der Waals surface area (Å²) >= 11 is 5.97. The molecule has 0 heterocycles. The predicted octanol–water partition coefficient (Wildman–Crippen LogP) is 5.27. The van der Waals surface area contributed by atoms with Crippen molar-refractivity contribution in [2.75, 3.05) is 5.43 Å². The Morgan fingerprint density at radius 2 is 1.89 bits per heavy atom. The minimum atomic E-state index is -0.449. The molecule has 0 saturated carbocycles. The highest BCUT2D eigenvalue weighted by Crippen LogP contribution is 2.18. The van der Waals surface area contributed by atoms with Crippen LogP contribution in [0.15, 0.2) is 77.9 Å². The fraction of sp³-hybridized carbons (Fsp3) is 0.0500. The Morgan fingerprint density at radius 3 is 2.70 bits per heavy atom. The minimum absolute atomic E-state index is 0.00612. The van der Waals surface area contributed by atoms with E-state index in [0.717, 1.165) is 11.1 Å². The van der Waals surface area contributed by atoms with Gasteiger partial charge in [-0.1, -0.05) is 41.9 Å². The van der Waals surface area contributed by atoms with Gasteiger partial charge < -0.3 is 4.74 Å². The molecule has 0 aliphatic carbocycles. The van der Waals surface area contributed by atoms with Crippen LogP contribution in [0.25, 0.3) is 0 Å². The summed E-state index contributed by atoms with van der Waals surface area (Å²) in [6.45, 7) is 0.410. The van der Waals surface area contributed by atoms with Gasteiger partial charge in [0.1, 0.15) is 12.4 Å². The number of non-ortho nitro benzene ring substituents is 1. The van der Waals surface area contributed by atoms with Crippen LogP contribution >= 0.6 is 11.6 Å². The molecule has 7 heteroatoms. The zero-order chi connectivity index (χ0) is 19.1. The van der Waals surface area contributed by atoms with E-state index >= 15 is 0 Å². The summed E-state index contributed by atoms with van der Waals surface area (Å²) in [7, 11) is 0. The van der Waals surface area contributed by atoms with Crippen LogP contribution in [0, 0.1) is 10.1 Å². The SMILES string of the molecule is O=[N+]([O-])c1cccc(NN=Cc2cccc(OCc3cccc(Cl)c3)c2)c1. The molecule has 6 nitrogen and oxygen atoms in total. The average Bonchev–Trinajstić information content (AvgIpc) is 2.67. The minimum Gasteiger partial charge on any atom is -0.489 e. The van der Waals surface area contributed by atoms with Crippen LogP contribution in [0.3, 0.4) is 0 Å². The number of nitro benzene ring substituents is 1. The van der Waals surface area contributed by atoms with Crippen molar-refractivity contribution in [1.29, 1.82) is 0 Å². The smallest absolute Gasteiger partial charge is 0.271 e. The van der Waals surface area contributed by atoms with E-state index in [2.05, 4.69) is 10.5 Å². The van der Waals surface area contributed by atoms with Crippen LogP contribution < -0.4 is 10.2 Å². The highest BCUT2D eigenvalue weighted by Gasteiger charge is 2.04. The third-order valence-electron chi connectivity index (χ3n) is 3.62. The number of rotatable bonds is 7. The van der Waals surface area contributed by atoms with Crippen LogP contribution in [0.2, 0.25) is 5.02 Å². The first-order chi connectivity index (χ1) is 13.1. The van der Waals surface area contributed by atoms with Gasteiger partial charge in [0.15, 0.2) is 0 Å². The lowest BCUT2D eigenvalue weighted by atomic mass is 10.2. The van der Waals surface area contributed by atoms with Crippen molar-refractivity contribution in [3.05, 3.63) is 99.1 Å². The lowest BCUT2D eigenvalue weighted by molar-refractivity contribution is -0.384. The average molecular weight is 382 g/mol. The van der Waals surface area contributed by atoms with E-state index in [9.17, 15) is 10.1 Å². The Kier molecular flexibility index (Phi) is 6.02. The Hall–Kier alpha value is -3.38. The number of hydrazone groups is 1. The topological polar surface area (TPSA) is 76.8 Å². The van der Waals surface area contributed by atoms with Crippen LogP contribution in [-0.4, -0.2) is 11.1 Å². The van der Waals surface area contributed by atoms with Gasteiger partial charge in [-0.2, -0.15) is 5.10 Å². The Balaban J connectivity index is 1.61. The Bertz CT molecular complexity index is 976. The molecule has 3 rings (SSSR count). The third kappa shape index (κ3) is 5.55. The maximum atomic E-state index is 10.8. The van der Waals surface area contributed by atoms with E-state index in [1.54, 1.807) is 18.3 Å². The van der Waals surface area contributed by atoms with E-state index in [-0.39, 0.29) is 5.69 Å². The molecule has 0 aliphatic rings. The van der Waals surface area contributed by atoms with Crippen molar-refractivity contribution >= 4 is 29.2 Å². The van der Waals surface area contributed by atoms with Crippen molar-refractivity contribution in [2.24, 2.45) is 5.10 Å². The van der Waals surface area contributed by atoms with Gasteiger partial charge in [0.2, 0.25) is 0 Å². The molecule has 0 unspecified atom stereocenters. The number of ether oxygens (including phenoxy) is 1. The number of hydrogen-bond acceptors (Lipinski definition) is 5. The molecule has 0 aromatic heterocycles. The molecule has 0 bridgehead atoms. The van der Waals surface area contributed by atoms with Crippen LogP contribution in [0.4, 0.5) is 11.4 Å². The Morgan fingerprint density at radius 1 is 1.07 bits per heavy atom. The molecule has 0 fully saturated rings. The fourth-order valence-corrected chi connectivity index (χ4v) is 2.56. The lowest BCUT2D eigenvalue weighted by Crippen LogP contribution is -1.96. The molecule has 0 spiro atoms. The molecule has 3 aromatic rings. The van der Waals surface area contributed by atoms with E-state index in [1.165, 1.54) is 12.1 Å². The van der Waals surface area contributed by atoms with Crippen LogP contribution in [0.5, 0.6) is 5.75 Å². The summed E-state index contributed by atoms with van der Waals surface area (Å²) in [6.07, 6.45) is 1.62. The van der Waals surface area contributed by atoms with Gasteiger partial charge in [-0.15, -0.1) is 0 Å². The zero-order valence-electron chi connectivity index (χ0n) is 14.2. The number of halogens is 1. The largest absolute Gasteiger partial charge is 0.489 e. The molecular weight excluding hydrogens is 366 g/mol. The normalized spacial score (nSPS) is 10.7. The van der Waals surface area contributed by atoms with Crippen LogP contribution in [0.1, 0.15) is 11.1 Å². The van der Waals surface area contributed by atoms with E-state index in [0.29, 0.717) is 23.1 Å². The standard InChI is InChI=1S/C20H16ClN3O3/c21-17-6-1-5-16(10-17)14-27-20-9-2-4-15(11-20)13-22-23-18-7-3-8-19(12-18)24(25)26/h1-13,23H,14H2. The monoisotopic (exact) mass is 381 g/mol. The van der Waals surface area contributed by atoms with Crippen LogP contribution in [-0.2, 0) is 6.61 Å². The molecule has 3 aromatic carbocycles. The first kappa shape index (κ1) is 18.4. The maximum absolute atomic E-state index is 10.8. The lowest BCUT2D eigenvalue weighted by Gasteiger charge is -2.07. The third-order valence-corrected chi connectivity index (χ3v) is 3.85. The number of nitrogens with one attached hydrogen (secondary N) is 1. The van der Waals surface area contributed by atoms with Gasteiger partial charge in [0, 0.05) is 17.2 Å². The fourth-order valence-electron chi connectivity index (χ4n) is 2.35. The molecule has 0 radical (unpaired) electrons. The molecule has 136 valence electrons. The summed E-state index contributed by atoms with van der Waals surface area (Å²) in [5.41, 5.74) is 5.13. The molecular formula is C20H16ClN3O3. The maximum Gasteiger partial charge on any atom is 0.271 e. The highest BCUT2D eigenvalue weighted by atomic mass is 35.5. The number of nitro groups is 1. The first-order valence-corrected chi connectivity index (χ1v) is 8.49. The second-order valence-electron chi connectivity index (χ2n) is 5.67. The van der Waals surface area contributed by atoms with Gasteiger partial charge in [-0.3, -0.25) is 15.5 Å². The van der Waals surface area contributed by atoms with Crippen molar-refractivity contribution < 1.29 is 9.66 Å². The number of benzene rings is 3. The van der Waals surface area contributed by atoms with Gasteiger partial charge in [0.05, 0.1) is 16.8 Å². The van der Waals surface area contributed by atoms with E-state index in [4.69, 9.17) is 16.3 Å². The molecule has 1 N–H and O–H groups in total. The second-order valence-corrected chi connectivity index (χ2v) is 6.10. The van der Waals surface area contributed by atoms with Gasteiger partial charge in [-0.05, 0) is 41.5 Å². The summed E-state index contributed by atoms with van der Waals surface area (Å²) in [4.78, 5) is 10.3. The van der Waals surface area contributed by atoms with E-state index in [1.807, 2.05) is 48.5 Å². The summed E-state index contributed by atoms with van der Waals surface area (Å²) < 4.78 is 5.78. The second kappa shape index (κ2) is 8.82. The highest BCUT2D eigenvalue weighted by molar-refractivity contribution is 6.30. The summed E-state index contributed by atoms with van der Waals surface area (Å²) in [5, 5.41) is 15.6. The quantitative estimate of drug-likeness (QED) is 0.343. The van der Waals surface area contributed by atoms with Crippen molar-refractivity contribution in [3.63, 3.8) is 0 Å². The number of anilines is 1. The van der Waals surface area contributed by atoms with Crippen molar-refractivity contribution in [2.45, 2.75) is 6.61 Å². The zero-order valence-corrected chi connectivity index (χ0v) is 15.0. The molecule has 0 atom stereocenters. The summed E-state index contributed by atoms with van der Waals surface area (Å²) in [6, 6.07) is 21.1. The predicted molar refractivity (Wildman–Crippen MR) is 107 cm³/mol.